The summed E-state index contributed by atoms with van der Waals surface area (Å²) in [4.78, 5) is 38.8. The lowest BCUT2D eigenvalue weighted by Gasteiger charge is -2.15. The Balaban J connectivity index is 1.79. The summed E-state index contributed by atoms with van der Waals surface area (Å²) in [6, 6.07) is 23.9. The van der Waals surface area contributed by atoms with Crippen molar-refractivity contribution in [1.29, 1.82) is 0 Å². The molecular weight excluding hydrogens is 440 g/mol. The van der Waals surface area contributed by atoms with Gasteiger partial charge in [0.05, 0.1) is 18.5 Å². The van der Waals surface area contributed by atoms with E-state index in [4.69, 9.17) is 0 Å². The molecule has 0 saturated carbocycles. The van der Waals surface area contributed by atoms with Crippen LogP contribution in [0.25, 0.3) is 11.1 Å². The maximum Gasteiger partial charge on any atom is 0.336 e. The molecule has 35 heavy (non-hydrogen) atoms. The third-order valence-electron chi connectivity index (χ3n) is 6.37. The Labute approximate surface area is 204 Å². The van der Waals surface area contributed by atoms with Crippen molar-refractivity contribution < 1.29 is 14.7 Å². The number of aromatic carboxylic acids is 1. The van der Waals surface area contributed by atoms with Gasteiger partial charge in [0.1, 0.15) is 0 Å². The molecule has 0 saturated heterocycles. The van der Waals surface area contributed by atoms with Crippen LogP contribution < -0.4 is 5.69 Å². The molecule has 1 unspecified atom stereocenters. The molecule has 1 heterocycles. The number of benzene rings is 3. The summed E-state index contributed by atoms with van der Waals surface area (Å²) in [7, 11) is 0. The van der Waals surface area contributed by atoms with Crippen molar-refractivity contribution in [1.82, 2.24) is 9.13 Å². The van der Waals surface area contributed by atoms with Crippen molar-refractivity contribution in [2.75, 3.05) is 0 Å². The van der Waals surface area contributed by atoms with E-state index < -0.39 is 11.7 Å². The predicted molar refractivity (Wildman–Crippen MR) is 136 cm³/mol. The summed E-state index contributed by atoms with van der Waals surface area (Å²) in [6.45, 7) is 4.07. The van der Waals surface area contributed by atoms with Crippen LogP contribution in [0.15, 0.2) is 89.9 Å². The van der Waals surface area contributed by atoms with Gasteiger partial charge in [0.15, 0.2) is 0 Å². The Hall–Kier alpha value is -4.19. The van der Waals surface area contributed by atoms with E-state index in [1.54, 1.807) is 24.4 Å². The molecule has 0 aliphatic carbocycles. The molecule has 1 aromatic heterocycles. The maximum absolute atomic E-state index is 13.4. The normalized spacial score (nSPS) is 11.8. The van der Waals surface area contributed by atoms with Crippen LogP contribution in [0.2, 0.25) is 0 Å². The van der Waals surface area contributed by atoms with E-state index >= 15 is 0 Å². The van der Waals surface area contributed by atoms with Crippen LogP contribution >= 0.6 is 0 Å². The lowest BCUT2D eigenvalue weighted by Crippen LogP contribution is -2.31. The summed E-state index contributed by atoms with van der Waals surface area (Å²) in [6.07, 6.45) is 2.49. The SMILES string of the molecule is CCC(C)c1cn(C(=O)Cc2ccccc2)c(=O)n1Cc1cccc(-c2ccccc2)c1C(=O)O. The van der Waals surface area contributed by atoms with Gasteiger partial charge in [0.25, 0.3) is 0 Å². The highest BCUT2D eigenvalue weighted by Crippen LogP contribution is 2.28. The lowest BCUT2D eigenvalue weighted by atomic mass is 9.95. The Morgan fingerprint density at radius 3 is 2.20 bits per heavy atom. The molecule has 6 heteroatoms. The van der Waals surface area contributed by atoms with Crippen LogP contribution in [0.3, 0.4) is 0 Å². The summed E-state index contributed by atoms with van der Waals surface area (Å²) in [5.74, 6) is -1.36. The van der Waals surface area contributed by atoms with Gasteiger partial charge in [-0.05, 0) is 34.6 Å². The first kappa shape index (κ1) is 24.0. The molecule has 0 bridgehead atoms. The van der Waals surface area contributed by atoms with Crippen LogP contribution in [-0.4, -0.2) is 26.1 Å². The number of carboxylic acids is 1. The average molecular weight is 469 g/mol. The van der Waals surface area contributed by atoms with E-state index in [9.17, 15) is 19.5 Å². The minimum absolute atomic E-state index is 0.0130. The van der Waals surface area contributed by atoms with Gasteiger partial charge in [0, 0.05) is 11.9 Å². The highest BCUT2D eigenvalue weighted by atomic mass is 16.4. The van der Waals surface area contributed by atoms with Gasteiger partial charge in [-0.3, -0.25) is 9.36 Å². The van der Waals surface area contributed by atoms with Gasteiger partial charge in [0.2, 0.25) is 5.91 Å². The standard InChI is InChI=1S/C29H28N2O4/c1-3-20(2)25-19-31(26(32)17-21-11-6-4-7-12-21)29(35)30(25)18-23-15-10-16-24(27(23)28(33)34)22-13-8-5-9-14-22/h4-16,19-20H,3,17-18H2,1-2H3,(H,33,34). The zero-order chi connectivity index (χ0) is 24.9. The molecule has 0 aliphatic heterocycles. The van der Waals surface area contributed by atoms with Crippen LogP contribution in [0.4, 0.5) is 0 Å². The second-order valence-electron chi connectivity index (χ2n) is 8.67. The molecule has 0 amide bonds. The van der Waals surface area contributed by atoms with Gasteiger partial charge in [-0.25, -0.2) is 14.2 Å². The highest BCUT2D eigenvalue weighted by Gasteiger charge is 2.23. The molecule has 0 radical (unpaired) electrons. The molecule has 4 rings (SSSR count). The third-order valence-corrected chi connectivity index (χ3v) is 6.37. The van der Waals surface area contributed by atoms with Crippen LogP contribution in [0.1, 0.15) is 58.2 Å². The minimum atomic E-state index is -1.06. The summed E-state index contributed by atoms with van der Waals surface area (Å²) >= 11 is 0. The zero-order valence-electron chi connectivity index (χ0n) is 19.8. The molecule has 4 aromatic rings. The number of carbonyl (C=O) groups is 2. The number of imidazole rings is 1. The van der Waals surface area contributed by atoms with Gasteiger partial charge in [-0.2, -0.15) is 0 Å². The number of rotatable bonds is 8. The smallest absolute Gasteiger partial charge is 0.336 e. The fraction of sp³-hybridized carbons (Fsp3) is 0.207. The number of aromatic nitrogens is 2. The molecule has 0 fully saturated rings. The molecule has 0 spiro atoms. The van der Waals surface area contributed by atoms with Crippen LogP contribution in [0, 0.1) is 0 Å². The van der Waals surface area contributed by atoms with E-state index in [1.165, 1.54) is 4.57 Å². The molecule has 3 aromatic carbocycles. The molecule has 178 valence electrons. The van der Waals surface area contributed by atoms with Gasteiger partial charge in [-0.15, -0.1) is 0 Å². The van der Waals surface area contributed by atoms with E-state index in [0.29, 0.717) is 16.8 Å². The molecule has 1 N–H and O–H groups in total. The number of hydrogen-bond donors (Lipinski definition) is 1. The number of nitrogens with zero attached hydrogens (tertiary/aromatic N) is 2. The van der Waals surface area contributed by atoms with E-state index in [2.05, 4.69) is 0 Å². The zero-order valence-corrected chi connectivity index (χ0v) is 19.8. The monoisotopic (exact) mass is 468 g/mol. The second-order valence-corrected chi connectivity index (χ2v) is 8.67. The second kappa shape index (κ2) is 10.4. The van der Waals surface area contributed by atoms with Crippen LogP contribution in [0.5, 0.6) is 0 Å². The Bertz CT molecular complexity index is 1400. The number of hydrogen-bond acceptors (Lipinski definition) is 3. The van der Waals surface area contributed by atoms with Crippen molar-refractivity contribution in [3.63, 3.8) is 0 Å². The van der Waals surface area contributed by atoms with Crippen molar-refractivity contribution >= 4 is 11.9 Å². The predicted octanol–water partition coefficient (Wildman–Crippen LogP) is 5.46. The largest absolute Gasteiger partial charge is 0.478 e. The van der Waals surface area contributed by atoms with E-state index in [-0.39, 0.29) is 30.4 Å². The number of carbonyl (C=O) groups excluding carboxylic acids is 1. The molecule has 1 atom stereocenters. The third kappa shape index (κ3) is 5.01. The Kier molecular flexibility index (Phi) is 7.11. The summed E-state index contributed by atoms with van der Waals surface area (Å²) < 4.78 is 2.70. The average Bonchev–Trinajstić information content (AvgIpc) is 3.20. The first-order valence-electron chi connectivity index (χ1n) is 11.7. The Morgan fingerprint density at radius 2 is 1.57 bits per heavy atom. The lowest BCUT2D eigenvalue weighted by molar-refractivity contribution is 0.0696. The first-order chi connectivity index (χ1) is 16.9. The van der Waals surface area contributed by atoms with E-state index in [0.717, 1.165) is 22.1 Å². The van der Waals surface area contributed by atoms with E-state index in [1.807, 2.05) is 74.5 Å². The topological polar surface area (TPSA) is 81.3 Å². The van der Waals surface area contributed by atoms with Crippen molar-refractivity contribution in [2.24, 2.45) is 0 Å². The van der Waals surface area contributed by atoms with Gasteiger partial charge in [-0.1, -0.05) is 92.7 Å². The molecular formula is C29H28N2O4. The van der Waals surface area contributed by atoms with Gasteiger partial charge < -0.3 is 5.11 Å². The summed E-state index contributed by atoms with van der Waals surface area (Å²) in [5, 5.41) is 10.1. The van der Waals surface area contributed by atoms with Crippen molar-refractivity contribution in [3.05, 3.63) is 118 Å². The fourth-order valence-electron chi connectivity index (χ4n) is 4.31. The van der Waals surface area contributed by atoms with Gasteiger partial charge >= 0.3 is 11.7 Å². The Morgan fingerprint density at radius 1 is 0.914 bits per heavy atom. The molecule has 0 aliphatic rings. The highest BCUT2D eigenvalue weighted by molar-refractivity contribution is 5.97. The fourth-order valence-corrected chi connectivity index (χ4v) is 4.31. The van der Waals surface area contributed by atoms with Crippen molar-refractivity contribution in [2.45, 2.75) is 39.2 Å². The van der Waals surface area contributed by atoms with Crippen molar-refractivity contribution in [3.8, 4) is 11.1 Å². The quantitative estimate of drug-likeness (QED) is 0.372. The minimum Gasteiger partial charge on any atom is -0.478 e. The maximum atomic E-state index is 13.4. The summed E-state index contributed by atoms with van der Waals surface area (Å²) in [5.41, 5.74) is 3.13. The molecule has 6 nitrogen and oxygen atoms in total. The first-order valence-corrected chi connectivity index (χ1v) is 11.7. The van der Waals surface area contributed by atoms with Crippen LogP contribution in [-0.2, 0) is 13.0 Å². The number of carboxylic acid groups (broad SMARTS) is 1.